The zero-order chi connectivity index (χ0) is 16.1. The van der Waals surface area contributed by atoms with Crippen LogP contribution in [-0.2, 0) is 9.59 Å². The molecule has 0 saturated heterocycles. The van der Waals surface area contributed by atoms with Crippen LogP contribution in [0.3, 0.4) is 0 Å². The van der Waals surface area contributed by atoms with Gasteiger partial charge in [-0.05, 0) is 37.6 Å². The standard InChI is InChI=1S/C16H19ClN2O3/c1-10(19-16(21)5-3-4-15(20)18-2)14-9-11-8-12(17)6-7-13(11)22-14/h6-10H,3-5H2,1-2H3,(H,18,20)(H,19,21)/t10-/m0/s1. The van der Waals surface area contributed by atoms with E-state index in [-0.39, 0.29) is 17.9 Å². The monoisotopic (exact) mass is 322 g/mol. The summed E-state index contributed by atoms with van der Waals surface area (Å²) in [4.78, 5) is 23.0. The van der Waals surface area contributed by atoms with Gasteiger partial charge in [-0.2, -0.15) is 0 Å². The van der Waals surface area contributed by atoms with E-state index in [2.05, 4.69) is 10.6 Å². The Labute approximate surface area is 134 Å². The summed E-state index contributed by atoms with van der Waals surface area (Å²) in [6, 6.07) is 7.02. The Kier molecular flexibility index (Phi) is 5.44. The number of fused-ring (bicyclic) bond motifs is 1. The molecule has 22 heavy (non-hydrogen) atoms. The number of amides is 2. The highest BCUT2D eigenvalue weighted by Gasteiger charge is 2.14. The van der Waals surface area contributed by atoms with Gasteiger partial charge in [-0.25, -0.2) is 0 Å². The summed E-state index contributed by atoms with van der Waals surface area (Å²) in [7, 11) is 1.58. The van der Waals surface area contributed by atoms with Crippen molar-refractivity contribution in [2.75, 3.05) is 7.05 Å². The third kappa shape index (κ3) is 4.24. The molecular weight excluding hydrogens is 304 g/mol. The van der Waals surface area contributed by atoms with Crippen molar-refractivity contribution in [2.45, 2.75) is 32.2 Å². The van der Waals surface area contributed by atoms with E-state index in [1.54, 1.807) is 19.2 Å². The number of furan rings is 1. The predicted octanol–water partition coefficient (Wildman–Crippen LogP) is 3.18. The van der Waals surface area contributed by atoms with Gasteiger partial charge in [0.05, 0.1) is 6.04 Å². The maximum atomic E-state index is 11.9. The van der Waals surface area contributed by atoms with E-state index >= 15 is 0 Å². The average molecular weight is 323 g/mol. The number of benzene rings is 1. The van der Waals surface area contributed by atoms with E-state index in [1.165, 1.54) is 0 Å². The molecule has 0 radical (unpaired) electrons. The fraction of sp³-hybridized carbons (Fsp3) is 0.375. The number of carbonyl (C=O) groups is 2. The lowest BCUT2D eigenvalue weighted by atomic mass is 10.2. The molecule has 1 aromatic carbocycles. The fourth-order valence-electron chi connectivity index (χ4n) is 2.17. The molecule has 2 amide bonds. The van der Waals surface area contributed by atoms with E-state index in [0.29, 0.717) is 30.0 Å². The van der Waals surface area contributed by atoms with Gasteiger partial charge in [0.15, 0.2) is 0 Å². The number of hydrogen-bond donors (Lipinski definition) is 2. The van der Waals surface area contributed by atoms with E-state index in [0.717, 1.165) is 11.0 Å². The van der Waals surface area contributed by atoms with Gasteiger partial charge in [-0.15, -0.1) is 0 Å². The van der Waals surface area contributed by atoms with E-state index < -0.39 is 0 Å². The predicted molar refractivity (Wildman–Crippen MR) is 85.7 cm³/mol. The Hall–Kier alpha value is -2.01. The number of halogens is 1. The minimum Gasteiger partial charge on any atom is -0.459 e. The Morgan fingerprint density at radius 1 is 1.23 bits per heavy atom. The van der Waals surface area contributed by atoms with Crippen molar-refractivity contribution in [3.63, 3.8) is 0 Å². The van der Waals surface area contributed by atoms with Crippen LogP contribution in [0, 0.1) is 0 Å². The van der Waals surface area contributed by atoms with Crippen LogP contribution < -0.4 is 10.6 Å². The molecule has 2 N–H and O–H groups in total. The van der Waals surface area contributed by atoms with Gasteiger partial charge in [0.2, 0.25) is 11.8 Å². The Morgan fingerprint density at radius 2 is 1.95 bits per heavy atom. The van der Waals surface area contributed by atoms with Crippen LogP contribution in [0.25, 0.3) is 11.0 Å². The highest BCUT2D eigenvalue weighted by Crippen LogP contribution is 2.26. The molecule has 0 bridgehead atoms. The average Bonchev–Trinajstić information content (AvgIpc) is 2.90. The molecule has 0 spiro atoms. The van der Waals surface area contributed by atoms with E-state index in [9.17, 15) is 9.59 Å². The first-order valence-corrected chi connectivity index (χ1v) is 7.56. The van der Waals surface area contributed by atoms with Gasteiger partial charge in [-0.1, -0.05) is 11.6 Å². The highest BCUT2D eigenvalue weighted by molar-refractivity contribution is 6.31. The molecule has 2 rings (SSSR count). The first-order chi connectivity index (χ1) is 10.5. The van der Waals surface area contributed by atoms with E-state index in [4.69, 9.17) is 16.0 Å². The second-order valence-electron chi connectivity index (χ2n) is 5.15. The third-order valence-corrected chi connectivity index (χ3v) is 3.62. The number of rotatable bonds is 6. The SMILES string of the molecule is CNC(=O)CCCC(=O)N[C@@H](C)c1cc2cc(Cl)ccc2o1. The Morgan fingerprint density at radius 3 is 2.68 bits per heavy atom. The van der Waals surface area contributed by atoms with Crippen molar-refractivity contribution in [3.8, 4) is 0 Å². The second-order valence-corrected chi connectivity index (χ2v) is 5.58. The smallest absolute Gasteiger partial charge is 0.220 e. The Bertz CT molecular complexity index is 681. The van der Waals surface area contributed by atoms with Crippen LogP contribution in [0.4, 0.5) is 0 Å². The topological polar surface area (TPSA) is 71.3 Å². The van der Waals surface area contributed by atoms with Crippen molar-refractivity contribution in [2.24, 2.45) is 0 Å². The molecular formula is C16H19ClN2O3. The maximum Gasteiger partial charge on any atom is 0.220 e. The fourth-order valence-corrected chi connectivity index (χ4v) is 2.35. The Balaban J connectivity index is 1.91. The molecule has 0 fully saturated rings. The summed E-state index contributed by atoms with van der Waals surface area (Å²) >= 11 is 5.94. The van der Waals surface area contributed by atoms with Crippen molar-refractivity contribution < 1.29 is 14.0 Å². The van der Waals surface area contributed by atoms with Crippen molar-refractivity contribution >= 4 is 34.4 Å². The van der Waals surface area contributed by atoms with Gasteiger partial charge in [-0.3, -0.25) is 9.59 Å². The number of hydrogen-bond acceptors (Lipinski definition) is 3. The van der Waals surface area contributed by atoms with Crippen LogP contribution in [0.1, 0.15) is 38.0 Å². The first kappa shape index (κ1) is 16.4. The summed E-state index contributed by atoms with van der Waals surface area (Å²) in [5.74, 6) is 0.516. The van der Waals surface area contributed by atoms with Crippen molar-refractivity contribution in [1.29, 1.82) is 0 Å². The quantitative estimate of drug-likeness (QED) is 0.858. The van der Waals surface area contributed by atoms with Crippen molar-refractivity contribution in [1.82, 2.24) is 10.6 Å². The molecule has 0 aliphatic rings. The lowest BCUT2D eigenvalue weighted by molar-refractivity contribution is -0.122. The van der Waals surface area contributed by atoms with Crippen LogP contribution in [0.5, 0.6) is 0 Å². The summed E-state index contributed by atoms with van der Waals surface area (Å²) in [5.41, 5.74) is 0.736. The van der Waals surface area contributed by atoms with Crippen LogP contribution >= 0.6 is 11.6 Å². The third-order valence-electron chi connectivity index (χ3n) is 3.39. The normalized spacial score (nSPS) is 12.1. The lowest BCUT2D eigenvalue weighted by Gasteiger charge is -2.11. The molecule has 2 aromatic rings. The van der Waals surface area contributed by atoms with Crippen LogP contribution in [-0.4, -0.2) is 18.9 Å². The summed E-state index contributed by atoms with van der Waals surface area (Å²) in [6.45, 7) is 1.86. The summed E-state index contributed by atoms with van der Waals surface area (Å²) in [5, 5.41) is 6.94. The molecule has 0 unspecified atom stereocenters. The molecule has 0 aliphatic carbocycles. The molecule has 0 saturated carbocycles. The minimum atomic E-state index is -0.237. The summed E-state index contributed by atoms with van der Waals surface area (Å²) in [6.07, 6.45) is 1.18. The van der Waals surface area contributed by atoms with Gasteiger partial charge in [0.25, 0.3) is 0 Å². The zero-order valence-corrected chi connectivity index (χ0v) is 13.4. The summed E-state index contributed by atoms with van der Waals surface area (Å²) < 4.78 is 5.71. The number of nitrogens with one attached hydrogen (secondary N) is 2. The molecule has 118 valence electrons. The molecule has 6 heteroatoms. The molecule has 5 nitrogen and oxygen atoms in total. The zero-order valence-electron chi connectivity index (χ0n) is 12.6. The second kappa shape index (κ2) is 7.31. The van der Waals surface area contributed by atoms with Gasteiger partial charge in [0.1, 0.15) is 11.3 Å². The van der Waals surface area contributed by atoms with Gasteiger partial charge >= 0.3 is 0 Å². The molecule has 0 aliphatic heterocycles. The van der Waals surface area contributed by atoms with Crippen molar-refractivity contribution in [3.05, 3.63) is 35.0 Å². The lowest BCUT2D eigenvalue weighted by Crippen LogP contribution is -2.26. The first-order valence-electron chi connectivity index (χ1n) is 7.18. The minimum absolute atomic E-state index is 0.0602. The number of carbonyl (C=O) groups excluding carboxylic acids is 2. The molecule has 1 aromatic heterocycles. The maximum absolute atomic E-state index is 11.9. The van der Waals surface area contributed by atoms with E-state index in [1.807, 2.05) is 19.1 Å². The molecule has 1 heterocycles. The van der Waals surface area contributed by atoms with Gasteiger partial charge < -0.3 is 15.1 Å². The largest absolute Gasteiger partial charge is 0.459 e. The molecule has 1 atom stereocenters. The highest BCUT2D eigenvalue weighted by atomic mass is 35.5. The van der Waals surface area contributed by atoms with Crippen LogP contribution in [0.2, 0.25) is 5.02 Å². The van der Waals surface area contributed by atoms with Crippen LogP contribution in [0.15, 0.2) is 28.7 Å². The van der Waals surface area contributed by atoms with Gasteiger partial charge in [0, 0.05) is 30.3 Å².